The first-order valence-electron chi connectivity index (χ1n) is 7.37. The highest BCUT2D eigenvalue weighted by Crippen LogP contribution is 2.38. The second-order valence-corrected chi connectivity index (χ2v) is 6.23. The summed E-state index contributed by atoms with van der Waals surface area (Å²) in [6.45, 7) is 0.767. The highest BCUT2D eigenvalue weighted by molar-refractivity contribution is 6.30. The van der Waals surface area contributed by atoms with Crippen LogP contribution in [0, 0.1) is 5.92 Å². The van der Waals surface area contributed by atoms with E-state index in [1.807, 2.05) is 26.3 Å². The topological polar surface area (TPSA) is 30.5 Å². The number of nitrogens with one attached hydrogen (secondary N) is 1. The molecule has 0 aromatic heterocycles. The zero-order valence-corrected chi connectivity index (χ0v) is 12.9. The first kappa shape index (κ1) is 14.2. The Morgan fingerprint density at radius 1 is 1.45 bits per heavy atom. The van der Waals surface area contributed by atoms with Crippen LogP contribution in [0.3, 0.4) is 0 Å². The van der Waals surface area contributed by atoms with Crippen molar-refractivity contribution in [1.29, 1.82) is 0 Å². The largest absolute Gasteiger partial charge is 0.493 e. The van der Waals surface area contributed by atoms with Gasteiger partial charge < -0.3 is 14.8 Å². The molecule has 1 N–H and O–H groups in total. The summed E-state index contributed by atoms with van der Waals surface area (Å²) in [4.78, 5) is 0. The monoisotopic (exact) mass is 295 g/mol. The van der Waals surface area contributed by atoms with Crippen molar-refractivity contribution in [3.63, 3.8) is 0 Å². The molecule has 0 saturated heterocycles. The minimum Gasteiger partial charge on any atom is -0.493 e. The van der Waals surface area contributed by atoms with E-state index in [1.165, 1.54) is 24.0 Å². The van der Waals surface area contributed by atoms with Crippen LogP contribution < -0.4 is 10.1 Å². The summed E-state index contributed by atoms with van der Waals surface area (Å²) in [5, 5.41) is 4.21. The fourth-order valence-corrected chi connectivity index (χ4v) is 3.49. The van der Waals surface area contributed by atoms with E-state index in [0.717, 1.165) is 30.2 Å². The zero-order chi connectivity index (χ0) is 14.1. The molecule has 3 rings (SSSR count). The van der Waals surface area contributed by atoms with Crippen LogP contribution in [-0.4, -0.2) is 32.9 Å². The van der Waals surface area contributed by atoms with Crippen LogP contribution in [0.1, 0.15) is 24.0 Å². The summed E-state index contributed by atoms with van der Waals surface area (Å²) in [5.41, 5.74) is 2.44. The van der Waals surface area contributed by atoms with Gasteiger partial charge in [-0.3, -0.25) is 0 Å². The number of methoxy groups -OCH3 is 1. The third-order valence-corrected chi connectivity index (χ3v) is 4.61. The van der Waals surface area contributed by atoms with Gasteiger partial charge in [0, 0.05) is 24.6 Å². The Morgan fingerprint density at radius 3 is 2.90 bits per heavy atom. The van der Waals surface area contributed by atoms with Crippen molar-refractivity contribution in [2.75, 3.05) is 20.8 Å². The first-order chi connectivity index (χ1) is 9.72. The Morgan fingerprint density at radius 2 is 2.25 bits per heavy atom. The van der Waals surface area contributed by atoms with E-state index in [-0.39, 0.29) is 6.10 Å². The lowest BCUT2D eigenvalue weighted by atomic mass is 9.96. The van der Waals surface area contributed by atoms with E-state index in [9.17, 15) is 0 Å². The maximum Gasteiger partial charge on any atom is 0.125 e. The number of hydrogen-bond acceptors (Lipinski definition) is 3. The lowest BCUT2D eigenvalue weighted by molar-refractivity contribution is 0.0533. The quantitative estimate of drug-likeness (QED) is 0.875. The zero-order valence-electron chi connectivity index (χ0n) is 12.1. The van der Waals surface area contributed by atoms with Gasteiger partial charge in [0.1, 0.15) is 5.75 Å². The Bertz CT molecular complexity index is 488. The Kier molecular flexibility index (Phi) is 4.20. The molecule has 1 saturated carbocycles. The number of fused-ring (bicyclic) bond motifs is 1. The van der Waals surface area contributed by atoms with Crippen molar-refractivity contribution in [1.82, 2.24) is 5.32 Å². The molecule has 1 aromatic rings. The molecule has 1 aliphatic carbocycles. The third kappa shape index (κ3) is 2.80. The number of rotatable bonds is 6. The van der Waals surface area contributed by atoms with Crippen LogP contribution >= 0.6 is 11.6 Å². The molecule has 20 heavy (non-hydrogen) atoms. The van der Waals surface area contributed by atoms with Crippen LogP contribution in [0.4, 0.5) is 0 Å². The number of halogens is 1. The lowest BCUT2D eigenvalue weighted by Crippen LogP contribution is -2.42. The second kappa shape index (κ2) is 5.92. The van der Waals surface area contributed by atoms with Crippen molar-refractivity contribution in [2.45, 2.75) is 37.8 Å². The third-order valence-electron chi connectivity index (χ3n) is 4.39. The summed E-state index contributed by atoms with van der Waals surface area (Å²) in [7, 11) is 3.82. The molecule has 0 bridgehead atoms. The predicted octanol–water partition coefficient (Wildman–Crippen LogP) is 2.83. The molecule has 1 aliphatic heterocycles. The Hall–Kier alpha value is -0.770. The predicted molar refractivity (Wildman–Crippen MR) is 80.7 cm³/mol. The van der Waals surface area contributed by atoms with E-state index in [1.54, 1.807) is 0 Å². The van der Waals surface area contributed by atoms with Crippen LogP contribution in [-0.2, 0) is 17.6 Å². The van der Waals surface area contributed by atoms with E-state index in [4.69, 9.17) is 21.1 Å². The van der Waals surface area contributed by atoms with Gasteiger partial charge in [-0.05, 0) is 55.5 Å². The van der Waals surface area contributed by atoms with E-state index in [2.05, 4.69) is 5.32 Å². The molecular formula is C16H22ClNO2. The molecule has 4 heteroatoms. The lowest BCUT2D eigenvalue weighted by Gasteiger charge is -2.26. The van der Waals surface area contributed by atoms with Gasteiger partial charge in [0.2, 0.25) is 0 Å². The van der Waals surface area contributed by atoms with Crippen molar-refractivity contribution in [3.8, 4) is 5.75 Å². The molecule has 3 nitrogen and oxygen atoms in total. The van der Waals surface area contributed by atoms with Gasteiger partial charge in [0.15, 0.2) is 0 Å². The summed E-state index contributed by atoms with van der Waals surface area (Å²) >= 11 is 6.24. The minimum atomic E-state index is 0.274. The molecule has 110 valence electrons. The number of likely N-dealkylation sites (N-methyl/N-ethyl adjacent to an activating group) is 1. The van der Waals surface area contributed by atoms with Crippen LogP contribution in [0.15, 0.2) is 12.1 Å². The molecule has 1 heterocycles. The van der Waals surface area contributed by atoms with E-state index < -0.39 is 0 Å². The maximum atomic E-state index is 6.24. The molecular weight excluding hydrogens is 274 g/mol. The average molecular weight is 296 g/mol. The average Bonchev–Trinajstić information content (AvgIpc) is 3.15. The van der Waals surface area contributed by atoms with Gasteiger partial charge in [0.25, 0.3) is 0 Å². The van der Waals surface area contributed by atoms with E-state index in [0.29, 0.717) is 12.0 Å². The first-order valence-corrected chi connectivity index (χ1v) is 7.75. The summed E-state index contributed by atoms with van der Waals surface area (Å²) in [6.07, 6.45) is 4.69. The van der Waals surface area contributed by atoms with Crippen molar-refractivity contribution < 1.29 is 9.47 Å². The smallest absolute Gasteiger partial charge is 0.125 e. The maximum absolute atomic E-state index is 6.24. The molecule has 0 spiro atoms. The van der Waals surface area contributed by atoms with Crippen LogP contribution in [0.5, 0.6) is 5.75 Å². The number of ether oxygens (including phenoxy) is 2. The fourth-order valence-electron chi connectivity index (χ4n) is 3.23. The van der Waals surface area contributed by atoms with Gasteiger partial charge in [-0.15, -0.1) is 0 Å². The summed E-state index contributed by atoms with van der Waals surface area (Å²) < 4.78 is 11.5. The van der Waals surface area contributed by atoms with E-state index >= 15 is 0 Å². The van der Waals surface area contributed by atoms with Crippen molar-refractivity contribution in [3.05, 3.63) is 28.3 Å². The van der Waals surface area contributed by atoms with Gasteiger partial charge >= 0.3 is 0 Å². The molecule has 2 atom stereocenters. The summed E-state index contributed by atoms with van der Waals surface area (Å²) in [6, 6.07) is 4.37. The minimum absolute atomic E-state index is 0.274. The fraction of sp³-hybridized carbons (Fsp3) is 0.625. The van der Waals surface area contributed by atoms with Crippen molar-refractivity contribution >= 4 is 11.6 Å². The van der Waals surface area contributed by atoms with Gasteiger partial charge in [-0.2, -0.15) is 0 Å². The normalized spacial score (nSPS) is 20.4. The Balaban J connectivity index is 1.82. The van der Waals surface area contributed by atoms with Crippen LogP contribution in [0.2, 0.25) is 5.02 Å². The SMILES string of the molecule is CNC(Cc1cc(Cl)cc2c1OCC2)C(OC)C1CC1. The molecule has 1 fully saturated rings. The number of hydrogen-bond donors (Lipinski definition) is 1. The van der Waals surface area contributed by atoms with Crippen LogP contribution in [0.25, 0.3) is 0 Å². The highest BCUT2D eigenvalue weighted by atomic mass is 35.5. The van der Waals surface area contributed by atoms with Gasteiger partial charge in [-0.1, -0.05) is 11.6 Å². The molecule has 0 radical (unpaired) electrons. The number of benzene rings is 1. The molecule has 1 aromatic carbocycles. The van der Waals surface area contributed by atoms with Crippen molar-refractivity contribution in [2.24, 2.45) is 5.92 Å². The summed E-state index contributed by atoms with van der Waals surface area (Å²) in [5.74, 6) is 1.74. The standard InChI is InChI=1S/C16H22ClNO2/c1-18-14(16(19-2)10-3-4-10)9-12-8-13(17)7-11-5-6-20-15(11)12/h7-8,10,14,16,18H,3-6,9H2,1-2H3. The highest BCUT2D eigenvalue weighted by Gasteiger charge is 2.36. The Labute approximate surface area is 125 Å². The van der Waals surface area contributed by atoms with Gasteiger partial charge in [-0.25, -0.2) is 0 Å². The molecule has 2 aliphatic rings. The second-order valence-electron chi connectivity index (χ2n) is 5.79. The molecule has 2 unspecified atom stereocenters. The van der Waals surface area contributed by atoms with Gasteiger partial charge in [0.05, 0.1) is 12.7 Å². The molecule has 0 amide bonds.